The molecule has 30 heavy (non-hydrogen) atoms. The number of rotatable bonds is 6. The molecule has 0 unspecified atom stereocenters. The van der Waals surface area contributed by atoms with Crippen LogP contribution in [0.3, 0.4) is 0 Å². The summed E-state index contributed by atoms with van der Waals surface area (Å²) in [7, 11) is 1.51. The van der Waals surface area contributed by atoms with Crippen molar-refractivity contribution in [3.8, 4) is 5.75 Å². The summed E-state index contributed by atoms with van der Waals surface area (Å²) in [6, 6.07) is 6.98. The number of carbonyl (C=O) groups is 2. The Bertz CT molecular complexity index is 1050. The van der Waals surface area contributed by atoms with E-state index in [9.17, 15) is 14.7 Å². The van der Waals surface area contributed by atoms with Gasteiger partial charge < -0.3 is 14.7 Å². The molecule has 0 fully saturated rings. The zero-order valence-electron chi connectivity index (χ0n) is 17.1. The Morgan fingerprint density at radius 2 is 2.03 bits per heavy atom. The Morgan fingerprint density at radius 1 is 1.30 bits per heavy atom. The number of amides is 1. The van der Waals surface area contributed by atoms with Crippen molar-refractivity contribution >= 4 is 33.9 Å². The quantitative estimate of drug-likeness (QED) is 0.606. The van der Waals surface area contributed by atoms with Gasteiger partial charge in [0.25, 0.3) is 0 Å². The Morgan fingerprint density at radius 3 is 2.67 bits per heavy atom. The molecule has 7 heteroatoms. The number of carboxylic acid groups (broad SMARTS) is 1. The summed E-state index contributed by atoms with van der Waals surface area (Å²) in [5, 5.41) is 9.52. The number of aryl methyl sites for hydroxylation is 1. The smallest absolute Gasteiger partial charge is 0.309 e. The summed E-state index contributed by atoms with van der Waals surface area (Å²) < 4.78 is 21.4. The average Bonchev–Trinajstić information content (AvgIpc) is 2.71. The van der Waals surface area contributed by atoms with E-state index < -0.39 is 11.8 Å². The highest BCUT2D eigenvalue weighted by atomic mass is 79.9. The fourth-order valence-electron chi connectivity index (χ4n) is 3.88. The van der Waals surface area contributed by atoms with Crippen molar-refractivity contribution in [1.82, 2.24) is 4.90 Å². The molecule has 158 valence electrons. The van der Waals surface area contributed by atoms with Crippen molar-refractivity contribution < 1.29 is 23.8 Å². The van der Waals surface area contributed by atoms with E-state index in [2.05, 4.69) is 15.9 Å². The zero-order valence-corrected chi connectivity index (χ0v) is 18.7. The monoisotopic (exact) mass is 475 g/mol. The average molecular weight is 476 g/mol. The van der Waals surface area contributed by atoms with Gasteiger partial charge in [-0.15, -0.1) is 0 Å². The largest absolute Gasteiger partial charge is 0.490 e. The number of aliphatic carboxylic acids is 1. The Kier molecular flexibility index (Phi) is 6.61. The van der Waals surface area contributed by atoms with E-state index in [1.165, 1.54) is 18.0 Å². The third-order valence-corrected chi connectivity index (χ3v) is 5.85. The molecule has 0 atom stereocenters. The third kappa shape index (κ3) is 4.26. The van der Waals surface area contributed by atoms with Gasteiger partial charge >= 0.3 is 5.97 Å². The van der Waals surface area contributed by atoms with Crippen molar-refractivity contribution in [2.75, 3.05) is 13.7 Å². The lowest BCUT2D eigenvalue weighted by molar-refractivity contribution is -0.136. The summed E-state index contributed by atoms with van der Waals surface area (Å²) >= 11 is 3.44. The van der Waals surface area contributed by atoms with Crippen molar-refractivity contribution in [1.29, 1.82) is 0 Å². The van der Waals surface area contributed by atoms with Gasteiger partial charge in [-0.25, -0.2) is 4.39 Å². The molecule has 0 bridgehead atoms. The molecule has 1 heterocycles. The van der Waals surface area contributed by atoms with Crippen LogP contribution in [0.25, 0.3) is 5.57 Å². The lowest BCUT2D eigenvalue weighted by Crippen LogP contribution is -2.21. The summed E-state index contributed by atoms with van der Waals surface area (Å²) in [5.74, 6) is -1.30. The third-order valence-electron chi connectivity index (χ3n) is 5.35. The molecule has 1 amide bonds. The molecule has 2 aromatic carbocycles. The number of halogens is 2. The molecule has 0 saturated heterocycles. The maximum atomic E-state index is 15.0. The first-order valence-corrected chi connectivity index (χ1v) is 10.4. The SMILES string of the molecule is Cc1cc(Br)ccc1/C(=C(/CC(=O)O)N(C)C=O)c1cc(F)c2c(c1C)CCCO2. The number of carbonyl (C=O) groups excluding carboxylic acids is 1. The van der Waals surface area contributed by atoms with Crippen molar-refractivity contribution in [2.24, 2.45) is 0 Å². The number of ether oxygens (including phenoxy) is 1. The van der Waals surface area contributed by atoms with Crippen LogP contribution in [0.1, 0.15) is 40.7 Å². The molecular weight excluding hydrogens is 453 g/mol. The van der Waals surface area contributed by atoms with E-state index in [1.54, 1.807) is 0 Å². The fraction of sp³-hybridized carbons (Fsp3) is 0.304. The maximum Gasteiger partial charge on any atom is 0.309 e. The first-order valence-electron chi connectivity index (χ1n) is 9.59. The predicted octanol–water partition coefficient (Wildman–Crippen LogP) is 4.85. The minimum atomic E-state index is -1.08. The minimum absolute atomic E-state index is 0.262. The van der Waals surface area contributed by atoms with Gasteiger partial charge in [-0.3, -0.25) is 9.59 Å². The standard InChI is InChI=1S/C23H23BrFNO4/c1-13-9-15(24)6-7-16(13)22(20(11-21(28)29)26(3)12-27)18-10-19(25)23-17(14(18)2)5-4-8-30-23/h6-7,9-10,12H,4-5,8,11H2,1-3H3,(H,28,29)/b22-20+. The molecule has 0 radical (unpaired) electrons. The summed E-state index contributed by atoms with van der Waals surface area (Å²) in [6.45, 7) is 4.25. The predicted molar refractivity (Wildman–Crippen MR) is 116 cm³/mol. The number of fused-ring (bicyclic) bond motifs is 1. The number of benzene rings is 2. The highest BCUT2D eigenvalue weighted by Gasteiger charge is 2.26. The van der Waals surface area contributed by atoms with Crippen molar-refractivity contribution in [3.63, 3.8) is 0 Å². The highest BCUT2D eigenvalue weighted by Crippen LogP contribution is 2.40. The van der Waals surface area contributed by atoms with E-state index in [-0.39, 0.29) is 12.2 Å². The second-order valence-corrected chi connectivity index (χ2v) is 8.27. The molecule has 0 saturated carbocycles. The first kappa shape index (κ1) is 22.0. The van der Waals surface area contributed by atoms with Crippen LogP contribution in [0.4, 0.5) is 4.39 Å². The molecule has 2 aromatic rings. The highest BCUT2D eigenvalue weighted by molar-refractivity contribution is 9.10. The van der Waals surface area contributed by atoms with Crippen LogP contribution >= 0.6 is 15.9 Å². The van der Waals surface area contributed by atoms with Gasteiger partial charge in [0, 0.05) is 28.4 Å². The molecule has 0 aliphatic carbocycles. The molecule has 0 aromatic heterocycles. The van der Waals surface area contributed by atoms with E-state index in [0.29, 0.717) is 36.3 Å². The molecule has 1 aliphatic rings. The summed E-state index contributed by atoms with van der Waals surface area (Å²) in [4.78, 5) is 24.5. The van der Waals surface area contributed by atoms with Gasteiger partial charge in [0.1, 0.15) is 0 Å². The molecular formula is C23H23BrFNO4. The number of hydrogen-bond donors (Lipinski definition) is 1. The zero-order chi connectivity index (χ0) is 22.0. The molecule has 0 spiro atoms. The van der Waals surface area contributed by atoms with E-state index in [1.807, 2.05) is 32.0 Å². The first-order chi connectivity index (χ1) is 14.2. The lowest BCUT2D eigenvalue weighted by Gasteiger charge is -2.26. The van der Waals surface area contributed by atoms with Crippen molar-refractivity contribution in [3.05, 3.63) is 68.1 Å². The Hall–Kier alpha value is -2.67. The van der Waals surface area contributed by atoms with Crippen LogP contribution < -0.4 is 4.74 Å². The Labute approximate surface area is 183 Å². The second kappa shape index (κ2) is 9.00. The van der Waals surface area contributed by atoms with Crippen LogP contribution in [0.15, 0.2) is 34.4 Å². The molecule has 5 nitrogen and oxygen atoms in total. The van der Waals surface area contributed by atoms with E-state index in [0.717, 1.165) is 33.1 Å². The van der Waals surface area contributed by atoms with Crippen molar-refractivity contribution in [2.45, 2.75) is 33.1 Å². The van der Waals surface area contributed by atoms with Gasteiger partial charge in [-0.2, -0.15) is 0 Å². The number of hydrogen-bond acceptors (Lipinski definition) is 3. The molecule has 1 N–H and O–H groups in total. The minimum Gasteiger partial charge on any atom is -0.490 e. The molecule has 3 rings (SSSR count). The summed E-state index contributed by atoms with van der Waals surface area (Å²) in [5.41, 5.74) is 4.60. The van der Waals surface area contributed by atoms with Gasteiger partial charge in [0.2, 0.25) is 6.41 Å². The maximum absolute atomic E-state index is 15.0. The Balaban J connectivity index is 2.41. The number of nitrogens with zero attached hydrogens (tertiary/aromatic N) is 1. The van der Waals surface area contributed by atoms with Crippen LogP contribution in [0.5, 0.6) is 5.75 Å². The van der Waals surface area contributed by atoms with Crippen LogP contribution in [-0.4, -0.2) is 36.0 Å². The van der Waals surface area contributed by atoms with Crippen LogP contribution in [0, 0.1) is 19.7 Å². The lowest BCUT2D eigenvalue weighted by atomic mass is 9.86. The van der Waals surface area contributed by atoms with E-state index >= 15 is 4.39 Å². The van der Waals surface area contributed by atoms with Gasteiger partial charge in [0.15, 0.2) is 11.6 Å². The second-order valence-electron chi connectivity index (χ2n) is 7.36. The van der Waals surface area contributed by atoms with Gasteiger partial charge in [-0.05, 0) is 67.1 Å². The number of carboxylic acids is 1. The summed E-state index contributed by atoms with van der Waals surface area (Å²) in [6.07, 6.45) is 1.65. The van der Waals surface area contributed by atoms with Gasteiger partial charge in [0.05, 0.1) is 13.0 Å². The van der Waals surface area contributed by atoms with Crippen LogP contribution in [0.2, 0.25) is 0 Å². The van der Waals surface area contributed by atoms with Gasteiger partial charge in [-0.1, -0.05) is 22.0 Å². The molecule has 1 aliphatic heterocycles. The fourth-order valence-corrected chi connectivity index (χ4v) is 4.35. The topological polar surface area (TPSA) is 66.8 Å². The van der Waals surface area contributed by atoms with Crippen LogP contribution in [-0.2, 0) is 16.0 Å². The van der Waals surface area contributed by atoms with E-state index in [4.69, 9.17) is 4.74 Å². The normalized spacial score (nSPS) is 13.8.